The highest BCUT2D eigenvalue weighted by atomic mass is 16.5. The second kappa shape index (κ2) is 12.0. The maximum atomic E-state index is 12.7. The summed E-state index contributed by atoms with van der Waals surface area (Å²) in [4.78, 5) is 36.6. The third-order valence-electron chi connectivity index (χ3n) is 4.12. The molecule has 2 rings (SSSR count). The minimum Gasteiger partial charge on any atom is -0.510 e. The van der Waals surface area contributed by atoms with Crippen molar-refractivity contribution in [2.45, 2.75) is 6.92 Å². The summed E-state index contributed by atoms with van der Waals surface area (Å²) in [6, 6.07) is 10.4. The number of benzene rings is 2. The average molecular weight is 457 g/mol. The Labute approximate surface area is 189 Å². The Balaban J connectivity index is 2.38. The lowest BCUT2D eigenvalue weighted by Gasteiger charge is -2.12. The van der Waals surface area contributed by atoms with Gasteiger partial charge in [-0.2, -0.15) is 0 Å². The fourth-order valence-corrected chi connectivity index (χ4v) is 2.56. The molecule has 33 heavy (non-hydrogen) atoms. The fraction of sp³-hybridized carbons (Fsp3) is 0.227. The maximum Gasteiger partial charge on any atom is 0.340 e. The molecule has 0 aromatic heterocycles. The predicted molar refractivity (Wildman–Crippen MR) is 117 cm³/mol. The normalized spacial score (nSPS) is 11.5. The summed E-state index contributed by atoms with van der Waals surface area (Å²) >= 11 is 0. The molecule has 2 aromatic rings. The number of hydrogen-bond acceptors (Lipinski definition) is 10. The predicted octanol–water partition coefficient (Wildman–Crippen LogP) is 3.14. The molecule has 3 N–H and O–H groups in total. The molecule has 1 amide bonds. The quantitative estimate of drug-likeness (QED) is 0.224. The monoisotopic (exact) mass is 457 g/mol. The van der Waals surface area contributed by atoms with Gasteiger partial charge in [0.05, 0.1) is 37.6 Å². The van der Waals surface area contributed by atoms with Gasteiger partial charge in [0.1, 0.15) is 23.8 Å². The van der Waals surface area contributed by atoms with Crippen molar-refractivity contribution < 1.29 is 38.8 Å². The highest BCUT2D eigenvalue weighted by molar-refractivity contribution is 6.04. The Morgan fingerprint density at radius 2 is 1.73 bits per heavy atom. The lowest BCUT2D eigenvalue weighted by molar-refractivity contribution is -0.113. The van der Waals surface area contributed by atoms with Crippen LogP contribution in [0.3, 0.4) is 0 Å². The van der Waals surface area contributed by atoms with Crippen LogP contribution in [0.25, 0.3) is 0 Å². The number of carbonyl (C=O) groups is 3. The molecule has 0 aliphatic heterocycles. The molecule has 11 heteroatoms. The second-order valence-corrected chi connectivity index (χ2v) is 6.37. The fourth-order valence-electron chi connectivity index (χ4n) is 2.56. The number of esters is 2. The van der Waals surface area contributed by atoms with E-state index < -0.39 is 29.3 Å². The molecule has 0 aliphatic rings. The first kappa shape index (κ1) is 25.0. The number of allylic oxidation sites excluding steroid dienone is 1. The molecule has 2 aromatic carbocycles. The SMILES string of the molecule is COC(=O)c1ccc(C(=O)OC)c(N=N/C(C(=O)Nc2ccccc2OCCO)=C(\C)O)c1. The molecule has 174 valence electrons. The number of para-hydroxylation sites is 2. The van der Waals surface area contributed by atoms with E-state index in [4.69, 9.17) is 14.6 Å². The van der Waals surface area contributed by atoms with Crippen molar-refractivity contribution in [3.63, 3.8) is 0 Å². The molecule has 0 spiro atoms. The summed E-state index contributed by atoms with van der Waals surface area (Å²) in [6.07, 6.45) is 0. The zero-order valence-corrected chi connectivity index (χ0v) is 18.2. The van der Waals surface area contributed by atoms with E-state index in [0.29, 0.717) is 5.75 Å². The maximum absolute atomic E-state index is 12.7. The van der Waals surface area contributed by atoms with E-state index in [9.17, 15) is 19.5 Å². The van der Waals surface area contributed by atoms with Crippen LogP contribution in [0.4, 0.5) is 11.4 Å². The summed E-state index contributed by atoms with van der Waals surface area (Å²) in [5, 5.41) is 29.1. The molecule has 0 radical (unpaired) electrons. The molecule has 0 saturated carbocycles. The zero-order valence-electron chi connectivity index (χ0n) is 18.2. The number of carbonyl (C=O) groups excluding carboxylic acids is 3. The molecule has 0 heterocycles. The van der Waals surface area contributed by atoms with E-state index in [2.05, 4.69) is 20.3 Å². The number of nitrogens with zero attached hydrogens (tertiary/aromatic N) is 2. The van der Waals surface area contributed by atoms with E-state index >= 15 is 0 Å². The van der Waals surface area contributed by atoms with Gasteiger partial charge in [0.2, 0.25) is 0 Å². The Kier molecular flexibility index (Phi) is 9.06. The smallest absolute Gasteiger partial charge is 0.340 e. The average Bonchev–Trinajstić information content (AvgIpc) is 2.82. The third-order valence-corrected chi connectivity index (χ3v) is 4.12. The van der Waals surface area contributed by atoms with Crippen molar-refractivity contribution in [1.82, 2.24) is 0 Å². The van der Waals surface area contributed by atoms with Gasteiger partial charge in [0.25, 0.3) is 5.91 Å². The van der Waals surface area contributed by atoms with Crippen molar-refractivity contribution in [3.8, 4) is 5.75 Å². The van der Waals surface area contributed by atoms with Crippen LogP contribution in [0, 0.1) is 0 Å². The first-order valence-electron chi connectivity index (χ1n) is 9.58. The molecule has 0 atom stereocenters. The van der Waals surface area contributed by atoms with Crippen molar-refractivity contribution in [2.24, 2.45) is 10.2 Å². The summed E-state index contributed by atoms with van der Waals surface area (Å²) in [6.45, 7) is 1.03. The van der Waals surface area contributed by atoms with Crippen LogP contribution in [0.5, 0.6) is 5.75 Å². The third kappa shape index (κ3) is 6.61. The molecular weight excluding hydrogens is 434 g/mol. The van der Waals surface area contributed by atoms with Gasteiger partial charge in [-0.25, -0.2) is 9.59 Å². The molecule has 0 saturated heterocycles. The molecule has 0 unspecified atom stereocenters. The molecule has 0 fully saturated rings. The van der Waals surface area contributed by atoms with Crippen LogP contribution in [0.2, 0.25) is 0 Å². The zero-order chi connectivity index (χ0) is 24.4. The lowest BCUT2D eigenvalue weighted by atomic mass is 10.1. The van der Waals surface area contributed by atoms with Gasteiger partial charge >= 0.3 is 11.9 Å². The van der Waals surface area contributed by atoms with Gasteiger partial charge in [0, 0.05) is 0 Å². The first-order chi connectivity index (χ1) is 15.8. The highest BCUT2D eigenvalue weighted by Gasteiger charge is 2.18. The minimum absolute atomic E-state index is 0.0150. The number of rotatable bonds is 9. The first-order valence-corrected chi connectivity index (χ1v) is 9.58. The van der Waals surface area contributed by atoms with Crippen LogP contribution in [0.1, 0.15) is 27.6 Å². The Morgan fingerprint density at radius 1 is 1.03 bits per heavy atom. The van der Waals surface area contributed by atoms with E-state index in [1.165, 1.54) is 39.3 Å². The second-order valence-electron chi connectivity index (χ2n) is 6.37. The van der Waals surface area contributed by atoms with Crippen LogP contribution in [0.15, 0.2) is 64.1 Å². The van der Waals surface area contributed by atoms with Crippen LogP contribution in [-0.4, -0.2) is 55.5 Å². The number of nitrogens with one attached hydrogen (secondary N) is 1. The topological polar surface area (TPSA) is 156 Å². The standard InChI is InChI=1S/C22H23N3O8/c1-13(27)19(20(28)23-16-6-4-5-7-18(16)33-11-10-26)25-24-17-12-14(21(29)31-2)8-9-15(17)22(30)32-3/h4-9,12,26-27H,10-11H2,1-3H3,(H,23,28)/b19-13+,25-24?. The summed E-state index contributed by atoms with van der Waals surface area (Å²) < 4.78 is 14.7. The van der Waals surface area contributed by atoms with Gasteiger partial charge < -0.3 is 29.7 Å². The molecule has 11 nitrogen and oxygen atoms in total. The van der Waals surface area contributed by atoms with E-state index in [-0.39, 0.29) is 35.7 Å². The largest absolute Gasteiger partial charge is 0.510 e. The van der Waals surface area contributed by atoms with Crippen LogP contribution < -0.4 is 10.1 Å². The van der Waals surface area contributed by atoms with Gasteiger partial charge in [-0.05, 0) is 37.3 Å². The van der Waals surface area contributed by atoms with Gasteiger partial charge in [-0.15, -0.1) is 10.2 Å². The molecule has 0 aliphatic carbocycles. The molecule has 0 bridgehead atoms. The summed E-state index contributed by atoms with van der Waals surface area (Å²) in [7, 11) is 2.37. The lowest BCUT2D eigenvalue weighted by Crippen LogP contribution is -2.16. The van der Waals surface area contributed by atoms with E-state index in [1.807, 2.05) is 0 Å². The number of hydrogen-bond donors (Lipinski definition) is 3. The number of aliphatic hydroxyl groups is 2. The van der Waals surface area contributed by atoms with Crippen molar-refractivity contribution in [1.29, 1.82) is 0 Å². The minimum atomic E-state index is -0.817. The van der Waals surface area contributed by atoms with Crippen LogP contribution >= 0.6 is 0 Å². The Morgan fingerprint density at radius 3 is 2.36 bits per heavy atom. The van der Waals surface area contributed by atoms with Crippen molar-refractivity contribution >= 4 is 29.2 Å². The number of aliphatic hydroxyl groups excluding tert-OH is 2. The van der Waals surface area contributed by atoms with E-state index in [1.54, 1.807) is 24.3 Å². The van der Waals surface area contributed by atoms with E-state index in [0.717, 1.165) is 0 Å². The Hall–Kier alpha value is -4.25. The number of anilines is 1. The number of amides is 1. The van der Waals surface area contributed by atoms with Crippen molar-refractivity contribution in [2.75, 3.05) is 32.8 Å². The highest BCUT2D eigenvalue weighted by Crippen LogP contribution is 2.26. The Bertz CT molecular complexity index is 1090. The van der Waals surface area contributed by atoms with Gasteiger partial charge in [0.15, 0.2) is 5.70 Å². The van der Waals surface area contributed by atoms with Crippen molar-refractivity contribution in [3.05, 3.63) is 65.0 Å². The number of methoxy groups -OCH3 is 2. The van der Waals surface area contributed by atoms with Gasteiger partial charge in [-0.3, -0.25) is 4.79 Å². The summed E-state index contributed by atoms with van der Waals surface area (Å²) in [5.74, 6) is -2.39. The summed E-state index contributed by atoms with van der Waals surface area (Å²) in [5.41, 5.74) is -0.196. The number of ether oxygens (including phenoxy) is 3. The molecular formula is C22H23N3O8. The van der Waals surface area contributed by atoms with Gasteiger partial charge in [-0.1, -0.05) is 12.1 Å². The van der Waals surface area contributed by atoms with Crippen LogP contribution in [-0.2, 0) is 14.3 Å². The number of azo groups is 1.